The third-order valence-electron chi connectivity index (χ3n) is 3.75. The predicted octanol–water partition coefficient (Wildman–Crippen LogP) is 3.31. The lowest BCUT2D eigenvalue weighted by Gasteiger charge is -2.34. The van der Waals surface area contributed by atoms with Crippen LogP contribution in [0.5, 0.6) is 0 Å². The molecule has 0 amide bonds. The molecule has 0 bridgehead atoms. The van der Waals surface area contributed by atoms with Crippen LogP contribution >= 0.6 is 27.3 Å². The maximum absolute atomic E-state index is 8.00. The van der Waals surface area contributed by atoms with Gasteiger partial charge in [-0.05, 0) is 38.2 Å². The van der Waals surface area contributed by atoms with Gasteiger partial charge in [0.2, 0.25) is 0 Å². The number of piperidine rings is 1. The SMILES string of the molecule is C=O.CO[C@@H]1CN(C)CC[C@H]1c1nc2cc(Br)ccc2s1. The van der Waals surface area contributed by atoms with Crippen LogP contribution in [-0.2, 0) is 9.53 Å². The highest BCUT2D eigenvalue weighted by Gasteiger charge is 2.31. The Labute approximate surface area is 137 Å². The Kier molecular flexibility index (Phi) is 5.87. The number of fused-ring (bicyclic) bond motifs is 1. The minimum absolute atomic E-state index is 0.253. The van der Waals surface area contributed by atoms with Gasteiger partial charge in [0.05, 0.1) is 21.3 Å². The van der Waals surface area contributed by atoms with Crippen molar-refractivity contribution >= 4 is 44.3 Å². The van der Waals surface area contributed by atoms with E-state index in [-0.39, 0.29) is 6.10 Å². The van der Waals surface area contributed by atoms with Crippen LogP contribution in [0.15, 0.2) is 22.7 Å². The number of thiazole rings is 1. The van der Waals surface area contributed by atoms with Crippen molar-refractivity contribution < 1.29 is 9.53 Å². The zero-order chi connectivity index (χ0) is 15.4. The minimum Gasteiger partial charge on any atom is -0.379 e. The monoisotopic (exact) mass is 370 g/mol. The second kappa shape index (κ2) is 7.45. The first-order valence-electron chi connectivity index (χ1n) is 6.73. The highest BCUT2D eigenvalue weighted by atomic mass is 79.9. The van der Waals surface area contributed by atoms with E-state index >= 15 is 0 Å². The number of aromatic nitrogens is 1. The van der Waals surface area contributed by atoms with E-state index in [1.165, 1.54) is 9.71 Å². The quantitative estimate of drug-likeness (QED) is 0.813. The zero-order valence-corrected chi connectivity index (χ0v) is 14.6. The van der Waals surface area contributed by atoms with Crippen LogP contribution in [0.3, 0.4) is 0 Å². The summed E-state index contributed by atoms with van der Waals surface area (Å²) in [4.78, 5) is 15.1. The number of benzene rings is 1. The molecule has 1 aliphatic heterocycles. The number of carbonyl (C=O) groups is 1. The summed E-state index contributed by atoms with van der Waals surface area (Å²) >= 11 is 5.31. The van der Waals surface area contributed by atoms with Gasteiger partial charge in [-0.3, -0.25) is 0 Å². The molecule has 0 unspecified atom stereocenters. The van der Waals surface area contributed by atoms with Crippen molar-refractivity contribution in [2.45, 2.75) is 18.4 Å². The lowest BCUT2D eigenvalue weighted by atomic mass is 9.94. The topological polar surface area (TPSA) is 42.4 Å². The molecular formula is C15H19BrN2O2S. The molecule has 0 N–H and O–H groups in total. The molecule has 1 aliphatic rings. The lowest BCUT2D eigenvalue weighted by Crippen LogP contribution is -2.41. The summed E-state index contributed by atoms with van der Waals surface area (Å²) in [6.07, 6.45) is 1.37. The lowest BCUT2D eigenvalue weighted by molar-refractivity contribution is -0.0979. The molecule has 6 heteroatoms. The number of rotatable bonds is 2. The Bertz CT molecular complexity index is 604. The molecule has 0 saturated carbocycles. The van der Waals surface area contributed by atoms with Crippen molar-refractivity contribution in [3.05, 3.63) is 27.7 Å². The van der Waals surface area contributed by atoms with Crippen molar-refractivity contribution in [3.8, 4) is 0 Å². The summed E-state index contributed by atoms with van der Waals surface area (Å²) in [6, 6.07) is 6.30. The Morgan fingerprint density at radius 3 is 2.95 bits per heavy atom. The molecule has 1 aromatic carbocycles. The van der Waals surface area contributed by atoms with Crippen molar-refractivity contribution in [1.29, 1.82) is 0 Å². The van der Waals surface area contributed by atoms with E-state index in [9.17, 15) is 0 Å². The van der Waals surface area contributed by atoms with Crippen molar-refractivity contribution in [1.82, 2.24) is 9.88 Å². The van der Waals surface area contributed by atoms with Gasteiger partial charge in [-0.1, -0.05) is 15.9 Å². The van der Waals surface area contributed by atoms with Crippen molar-refractivity contribution in [2.24, 2.45) is 0 Å². The predicted molar refractivity (Wildman–Crippen MR) is 90.1 cm³/mol. The second-order valence-corrected chi connectivity index (χ2v) is 7.07. The van der Waals surface area contributed by atoms with Crippen LogP contribution in [-0.4, -0.2) is 50.0 Å². The van der Waals surface area contributed by atoms with E-state index in [0.29, 0.717) is 5.92 Å². The highest BCUT2D eigenvalue weighted by molar-refractivity contribution is 9.10. The van der Waals surface area contributed by atoms with Crippen LogP contribution < -0.4 is 0 Å². The van der Waals surface area contributed by atoms with Crippen LogP contribution in [0.25, 0.3) is 10.2 Å². The van der Waals surface area contributed by atoms with Gasteiger partial charge in [0.1, 0.15) is 6.79 Å². The number of hydrogen-bond donors (Lipinski definition) is 0. The molecule has 0 spiro atoms. The number of methoxy groups -OCH3 is 1. The van der Waals surface area contributed by atoms with Gasteiger partial charge in [-0.25, -0.2) is 4.98 Å². The maximum atomic E-state index is 8.00. The Morgan fingerprint density at radius 2 is 2.24 bits per heavy atom. The van der Waals surface area contributed by atoms with E-state index in [1.54, 1.807) is 18.4 Å². The largest absolute Gasteiger partial charge is 0.379 e. The number of ether oxygens (including phenoxy) is 1. The molecule has 3 rings (SSSR count). The van der Waals surface area contributed by atoms with E-state index in [0.717, 1.165) is 29.5 Å². The zero-order valence-electron chi connectivity index (χ0n) is 12.2. The third kappa shape index (κ3) is 3.69. The van der Waals surface area contributed by atoms with Crippen LogP contribution in [0.1, 0.15) is 17.3 Å². The van der Waals surface area contributed by atoms with Crippen molar-refractivity contribution in [2.75, 3.05) is 27.2 Å². The number of nitrogens with zero attached hydrogens (tertiary/aromatic N) is 2. The number of hydrogen-bond acceptors (Lipinski definition) is 5. The van der Waals surface area contributed by atoms with Crippen LogP contribution in [0.2, 0.25) is 0 Å². The Hall–Kier alpha value is -0.820. The van der Waals surface area contributed by atoms with Gasteiger partial charge in [0.15, 0.2) is 0 Å². The maximum Gasteiger partial charge on any atom is 0.106 e. The molecule has 21 heavy (non-hydrogen) atoms. The molecule has 1 saturated heterocycles. The Balaban J connectivity index is 0.000000774. The highest BCUT2D eigenvalue weighted by Crippen LogP contribution is 2.35. The summed E-state index contributed by atoms with van der Waals surface area (Å²) in [5, 5.41) is 1.22. The fourth-order valence-corrected chi connectivity index (χ4v) is 4.15. The van der Waals surface area contributed by atoms with Gasteiger partial charge >= 0.3 is 0 Å². The van der Waals surface area contributed by atoms with Crippen molar-refractivity contribution in [3.63, 3.8) is 0 Å². The first-order valence-corrected chi connectivity index (χ1v) is 8.34. The van der Waals surface area contributed by atoms with Crippen LogP contribution in [0, 0.1) is 0 Å². The number of likely N-dealkylation sites (N-methyl/N-ethyl adjacent to an activating group) is 1. The summed E-state index contributed by atoms with van der Waals surface area (Å²) in [5.74, 6) is 0.428. The number of carbonyl (C=O) groups excluding carboxylic acids is 1. The molecule has 114 valence electrons. The second-order valence-electron chi connectivity index (χ2n) is 5.10. The summed E-state index contributed by atoms with van der Waals surface area (Å²) in [5.41, 5.74) is 1.09. The molecule has 1 fully saturated rings. The molecule has 2 atom stereocenters. The van der Waals surface area contributed by atoms with E-state index in [1.807, 2.05) is 6.79 Å². The van der Waals surface area contributed by atoms with Crippen LogP contribution in [0.4, 0.5) is 0 Å². The molecule has 1 aromatic heterocycles. The standard InChI is InChI=1S/C14H17BrN2OS.CH2O/c1-17-6-5-10(12(8-17)18-2)14-16-11-7-9(15)3-4-13(11)19-14;1-2/h3-4,7,10,12H,5-6,8H2,1-2H3;1H2/t10-,12-;/m1./s1. The molecule has 0 aliphatic carbocycles. The van der Waals surface area contributed by atoms with E-state index in [2.05, 4.69) is 46.1 Å². The molecule has 0 radical (unpaired) electrons. The average Bonchev–Trinajstić information content (AvgIpc) is 2.91. The first kappa shape index (κ1) is 16.5. The first-order chi connectivity index (χ1) is 10.2. The molecule has 2 heterocycles. The summed E-state index contributed by atoms with van der Waals surface area (Å²) < 4.78 is 8.01. The van der Waals surface area contributed by atoms with E-state index in [4.69, 9.17) is 14.5 Å². The smallest absolute Gasteiger partial charge is 0.106 e. The third-order valence-corrected chi connectivity index (χ3v) is 5.41. The summed E-state index contributed by atoms with van der Waals surface area (Å²) in [7, 11) is 3.96. The molecule has 2 aromatic rings. The van der Waals surface area contributed by atoms with Gasteiger partial charge in [-0.2, -0.15) is 0 Å². The number of halogens is 1. The van der Waals surface area contributed by atoms with Gasteiger partial charge in [0.25, 0.3) is 0 Å². The fourth-order valence-electron chi connectivity index (χ4n) is 2.67. The summed E-state index contributed by atoms with van der Waals surface area (Å²) in [6.45, 7) is 4.10. The van der Waals surface area contributed by atoms with Gasteiger partial charge in [0, 0.05) is 24.0 Å². The van der Waals surface area contributed by atoms with Gasteiger partial charge in [-0.15, -0.1) is 11.3 Å². The average molecular weight is 371 g/mol. The Morgan fingerprint density at radius 1 is 1.48 bits per heavy atom. The molecular weight excluding hydrogens is 352 g/mol. The fraction of sp³-hybridized carbons (Fsp3) is 0.467. The number of likely N-dealkylation sites (tertiary alicyclic amines) is 1. The molecule has 4 nitrogen and oxygen atoms in total. The normalized spacial score (nSPS) is 22.8. The minimum atomic E-state index is 0.253. The van der Waals surface area contributed by atoms with E-state index < -0.39 is 0 Å². The van der Waals surface area contributed by atoms with Gasteiger partial charge < -0.3 is 14.4 Å².